The third-order valence-electron chi connectivity index (χ3n) is 5.06. The van der Waals surface area contributed by atoms with Gasteiger partial charge in [-0.3, -0.25) is 0 Å². The van der Waals surface area contributed by atoms with Gasteiger partial charge in [-0.2, -0.15) is 0 Å². The second-order valence-corrected chi connectivity index (χ2v) is 7.71. The van der Waals surface area contributed by atoms with Gasteiger partial charge in [0.1, 0.15) is 0 Å². The number of rotatable bonds is 16. The second-order valence-electron chi connectivity index (χ2n) is 7.71. The Kier molecular flexibility index (Phi) is 20.8. The minimum Gasteiger partial charge on any atom is -0.326 e. The molecule has 2 N–H and O–H groups in total. The summed E-state index contributed by atoms with van der Waals surface area (Å²) in [4.78, 5) is 2.74. The lowest BCUT2D eigenvalue weighted by Gasteiger charge is -2.22. The minimum atomic E-state index is 0.640. The normalized spacial score (nSPS) is 10.7. The summed E-state index contributed by atoms with van der Waals surface area (Å²) in [5.41, 5.74) is 6.54. The average molecular weight is 377 g/mol. The zero-order chi connectivity index (χ0) is 20.0. The highest BCUT2D eigenvalue weighted by atomic mass is 15.1. The average Bonchev–Trinajstić information content (AvgIpc) is 2.72. The Hall–Kier alpha value is -0.860. The first-order chi connectivity index (χ1) is 13.3. The molecular formula is C25H48N2. The molecule has 0 saturated heterocycles. The molecule has 0 aliphatic carbocycles. The molecule has 1 aromatic rings. The first kappa shape index (κ1) is 26.1. The Balaban J connectivity index is 0.000000694. The van der Waals surface area contributed by atoms with Crippen LogP contribution in [0.15, 0.2) is 30.3 Å². The van der Waals surface area contributed by atoms with E-state index in [2.05, 4.69) is 25.7 Å². The number of unbranched alkanes of at least 4 members (excludes halogenated alkanes) is 9. The molecule has 0 aliphatic rings. The van der Waals surface area contributed by atoms with Crippen molar-refractivity contribution in [3.8, 4) is 0 Å². The molecule has 0 aliphatic heterocycles. The van der Waals surface area contributed by atoms with Crippen molar-refractivity contribution in [1.29, 1.82) is 0 Å². The summed E-state index contributed by atoms with van der Waals surface area (Å²) < 4.78 is 0. The summed E-state index contributed by atoms with van der Waals surface area (Å²) in [6.45, 7) is 11.6. The lowest BCUT2D eigenvalue weighted by molar-refractivity contribution is 0.255. The van der Waals surface area contributed by atoms with E-state index in [9.17, 15) is 0 Å². The van der Waals surface area contributed by atoms with Crippen LogP contribution >= 0.6 is 0 Å². The summed E-state index contributed by atoms with van der Waals surface area (Å²) in [5, 5.41) is 0. The standard InChI is InChI=1S/C18H39N.C7H9N/c1-4-7-10-13-16-19(17-14-11-8-5-2)18-15-12-9-6-3;8-6-7-4-2-1-3-5-7/h4-18H2,1-3H3;1-5H,6,8H2. The van der Waals surface area contributed by atoms with Crippen molar-refractivity contribution >= 4 is 0 Å². The Morgan fingerprint density at radius 2 is 1.00 bits per heavy atom. The molecule has 0 saturated carbocycles. The minimum absolute atomic E-state index is 0.640. The van der Waals surface area contributed by atoms with Gasteiger partial charge in [0.05, 0.1) is 0 Å². The van der Waals surface area contributed by atoms with Crippen molar-refractivity contribution < 1.29 is 0 Å². The molecule has 1 aromatic carbocycles. The summed E-state index contributed by atoms with van der Waals surface area (Å²) in [5.74, 6) is 0. The highest BCUT2D eigenvalue weighted by molar-refractivity contribution is 5.13. The predicted molar refractivity (Wildman–Crippen MR) is 123 cm³/mol. The fraction of sp³-hybridized carbons (Fsp3) is 0.760. The van der Waals surface area contributed by atoms with E-state index in [0.29, 0.717) is 6.54 Å². The van der Waals surface area contributed by atoms with E-state index < -0.39 is 0 Å². The molecule has 1 rings (SSSR count). The van der Waals surface area contributed by atoms with Crippen LogP contribution in [-0.2, 0) is 6.54 Å². The predicted octanol–water partition coefficient (Wildman–Crippen LogP) is 7.17. The van der Waals surface area contributed by atoms with Crippen molar-refractivity contribution in [2.75, 3.05) is 19.6 Å². The Morgan fingerprint density at radius 1 is 0.593 bits per heavy atom. The van der Waals surface area contributed by atoms with Gasteiger partial charge in [0.15, 0.2) is 0 Å². The van der Waals surface area contributed by atoms with E-state index in [1.165, 1.54) is 102 Å². The maximum absolute atomic E-state index is 5.35. The highest BCUT2D eigenvalue weighted by Crippen LogP contribution is 2.08. The summed E-state index contributed by atoms with van der Waals surface area (Å²) in [6.07, 6.45) is 16.8. The van der Waals surface area contributed by atoms with Crippen molar-refractivity contribution in [3.63, 3.8) is 0 Å². The number of hydrogen-bond acceptors (Lipinski definition) is 2. The van der Waals surface area contributed by atoms with Gasteiger partial charge < -0.3 is 10.6 Å². The van der Waals surface area contributed by atoms with Crippen LogP contribution in [0.4, 0.5) is 0 Å². The van der Waals surface area contributed by atoms with Crippen LogP contribution in [0.3, 0.4) is 0 Å². The second kappa shape index (κ2) is 21.4. The van der Waals surface area contributed by atoms with Gasteiger partial charge in [-0.05, 0) is 44.5 Å². The zero-order valence-electron chi connectivity index (χ0n) is 18.7. The largest absolute Gasteiger partial charge is 0.326 e. The van der Waals surface area contributed by atoms with Crippen LogP contribution in [0.1, 0.15) is 103 Å². The van der Waals surface area contributed by atoms with Crippen LogP contribution < -0.4 is 5.73 Å². The van der Waals surface area contributed by atoms with E-state index in [0.717, 1.165) is 0 Å². The molecule has 0 aromatic heterocycles. The van der Waals surface area contributed by atoms with Crippen LogP contribution in [0.25, 0.3) is 0 Å². The summed E-state index contributed by atoms with van der Waals surface area (Å²) in [7, 11) is 0. The Morgan fingerprint density at radius 3 is 1.30 bits per heavy atom. The van der Waals surface area contributed by atoms with E-state index in [-0.39, 0.29) is 0 Å². The van der Waals surface area contributed by atoms with Gasteiger partial charge in [0, 0.05) is 6.54 Å². The Labute approximate surface area is 170 Å². The monoisotopic (exact) mass is 376 g/mol. The third-order valence-corrected chi connectivity index (χ3v) is 5.06. The topological polar surface area (TPSA) is 29.3 Å². The van der Waals surface area contributed by atoms with Gasteiger partial charge in [0.25, 0.3) is 0 Å². The number of nitrogens with zero attached hydrogens (tertiary/aromatic N) is 1. The SMILES string of the molecule is CCCCCCN(CCCCCC)CCCCCC.NCc1ccccc1. The van der Waals surface area contributed by atoms with Gasteiger partial charge in [0.2, 0.25) is 0 Å². The van der Waals surface area contributed by atoms with Crippen molar-refractivity contribution in [1.82, 2.24) is 4.90 Å². The van der Waals surface area contributed by atoms with Crippen LogP contribution in [0.5, 0.6) is 0 Å². The number of benzene rings is 1. The summed E-state index contributed by atoms with van der Waals surface area (Å²) in [6, 6.07) is 9.99. The van der Waals surface area contributed by atoms with E-state index >= 15 is 0 Å². The van der Waals surface area contributed by atoms with Gasteiger partial charge in [-0.1, -0.05) is 109 Å². The highest BCUT2D eigenvalue weighted by Gasteiger charge is 2.04. The lowest BCUT2D eigenvalue weighted by atomic mass is 10.1. The van der Waals surface area contributed by atoms with E-state index in [1.807, 2.05) is 30.3 Å². The fourth-order valence-electron chi connectivity index (χ4n) is 3.24. The van der Waals surface area contributed by atoms with E-state index in [4.69, 9.17) is 5.73 Å². The molecule has 0 heterocycles. The number of nitrogens with two attached hydrogens (primary N) is 1. The van der Waals surface area contributed by atoms with Crippen molar-refractivity contribution in [2.24, 2.45) is 5.73 Å². The molecule has 0 bridgehead atoms. The molecule has 0 fully saturated rings. The fourth-order valence-corrected chi connectivity index (χ4v) is 3.24. The molecule has 0 amide bonds. The quantitative estimate of drug-likeness (QED) is 0.310. The maximum atomic E-state index is 5.35. The molecule has 27 heavy (non-hydrogen) atoms. The molecule has 0 unspecified atom stereocenters. The third kappa shape index (κ3) is 18.3. The molecule has 2 nitrogen and oxygen atoms in total. The van der Waals surface area contributed by atoms with Gasteiger partial charge in [-0.15, -0.1) is 0 Å². The molecule has 0 spiro atoms. The van der Waals surface area contributed by atoms with Crippen LogP contribution in [-0.4, -0.2) is 24.5 Å². The maximum Gasteiger partial charge on any atom is 0.0178 e. The zero-order valence-corrected chi connectivity index (χ0v) is 18.7. The van der Waals surface area contributed by atoms with Gasteiger partial charge in [-0.25, -0.2) is 0 Å². The smallest absolute Gasteiger partial charge is 0.0178 e. The first-order valence-electron chi connectivity index (χ1n) is 11.7. The summed E-state index contributed by atoms with van der Waals surface area (Å²) >= 11 is 0. The molecule has 158 valence electrons. The lowest BCUT2D eigenvalue weighted by Crippen LogP contribution is -2.27. The molecule has 2 heteroatoms. The van der Waals surface area contributed by atoms with E-state index in [1.54, 1.807) is 0 Å². The van der Waals surface area contributed by atoms with Crippen molar-refractivity contribution in [3.05, 3.63) is 35.9 Å². The molecular weight excluding hydrogens is 328 g/mol. The van der Waals surface area contributed by atoms with Gasteiger partial charge >= 0.3 is 0 Å². The van der Waals surface area contributed by atoms with Crippen molar-refractivity contribution in [2.45, 2.75) is 104 Å². The van der Waals surface area contributed by atoms with Crippen LogP contribution in [0.2, 0.25) is 0 Å². The first-order valence-corrected chi connectivity index (χ1v) is 11.7. The molecule has 0 radical (unpaired) electrons. The molecule has 0 atom stereocenters. The van der Waals surface area contributed by atoms with Crippen LogP contribution in [0, 0.1) is 0 Å². The Bertz CT molecular complexity index is 349. The number of hydrogen-bond donors (Lipinski definition) is 1.